The molecule has 3 atom stereocenters. The molecule has 1 aliphatic heterocycles. The number of carbonyl (C=O) groups excluding carboxylic acids is 3. The maximum atomic E-state index is 13.3. The maximum absolute atomic E-state index is 13.3. The number of fused-ring (bicyclic) bond motifs is 2. The van der Waals surface area contributed by atoms with Crippen molar-refractivity contribution in [2.45, 2.75) is 25.3 Å². The number of nitrogens with one attached hydrogen (secondary N) is 4. The van der Waals surface area contributed by atoms with Crippen molar-refractivity contribution in [3.8, 4) is 0 Å². The molecule has 5 rings (SSSR count). The lowest BCUT2D eigenvalue weighted by atomic mass is 9.94. The minimum absolute atomic E-state index is 0.00833. The minimum Gasteiger partial charge on any atom is -0.481 e. The summed E-state index contributed by atoms with van der Waals surface area (Å²) in [5, 5.41) is 17.1. The number of carboxylic acids is 1. The quantitative estimate of drug-likeness (QED) is 0.163. The fraction of sp³-hybridized carbons (Fsp3) is 0.333. The summed E-state index contributed by atoms with van der Waals surface area (Å²) in [6.45, 7) is 0.703. The molecule has 214 valence electrons. The molecule has 1 aliphatic rings. The van der Waals surface area contributed by atoms with Crippen LogP contribution in [0.25, 0.3) is 21.8 Å². The number of aromatic nitrogens is 2. The Hall–Kier alpha value is -4.64. The highest BCUT2D eigenvalue weighted by Crippen LogP contribution is 2.26. The van der Waals surface area contributed by atoms with Gasteiger partial charge in [0.1, 0.15) is 0 Å². The molecule has 0 radical (unpaired) electrons. The van der Waals surface area contributed by atoms with Crippen molar-refractivity contribution in [1.29, 1.82) is 0 Å². The van der Waals surface area contributed by atoms with E-state index < -0.39 is 36.2 Å². The van der Waals surface area contributed by atoms with Gasteiger partial charge < -0.3 is 36.3 Å². The van der Waals surface area contributed by atoms with Crippen LogP contribution in [0.1, 0.15) is 17.5 Å². The van der Waals surface area contributed by atoms with Crippen molar-refractivity contribution in [2.24, 2.45) is 17.6 Å². The van der Waals surface area contributed by atoms with Crippen molar-refractivity contribution in [3.05, 3.63) is 72.1 Å². The molecule has 0 spiro atoms. The van der Waals surface area contributed by atoms with E-state index in [-0.39, 0.29) is 24.9 Å². The molecule has 0 aliphatic carbocycles. The maximum Gasteiger partial charge on any atom is 0.305 e. The highest BCUT2D eigenvalue weighted by atomic mass is 16.4. The van der Waals surface area contributed by atoms with Crippen LogP contribution in [0.2, 0.25) is 0 Å². The fourth-order valence-corrected chi connectivity index (χ4v) is 5.60. The smallest absolute Gasteiger partial charge is 0.305 e. The molecule has 7 N–H and O–H groups in total. The van der Waals surface area contributed by atoms with Crippen LogP contribution in [0.15, 0.2) is 60.9 Å². The van der Waals surface area contributed by atoms with Gasteiger partial charge in [-0.25, -0.2) is 0 Å². The highest BCUT2D eigenvalue weighted by molar-refractivity contribution is 5.92. The zero-order valence-electron chi connectivity index (χ0n) is 22.6. The summed E-state index contributed by atoms with van der Waals surface area (Å²) in [6.07, 6.45) is 4.49. The summed E-state index contributed by atoms with van der Waals surface area (Å²) in [6, 6.07) is 14.6. The van der Waals surface area contributed by atoms with Crippen LogP contribution >= 0.6 is 0 Å². The SMILES string of the molecule is N[C@@H](CC(=O)O)C(=O)N1C[C@@H](C(=O)NCCc2c[nH]c3ccccc23)[C@H](C(=O)NCCc2c[nH]c3ccccc23)C1. The number of H-pyrrole nitrogens is 2. The Morgan fingerprint density at radius 3 is 1.76 bits per heavy atom. The first-order valence-electron chi connectivity index (χ1n) is 13.7. The molecule has 11 nitrogen and oxygen atoms in total. The predicted molar refractivity (Wildman–Crippen MR) is 154 cm³/mol. The van der Waals surface area contributed by atoms with Gasteiger partial charge in [-0.3, -0.25) is 19.2 Å². The molecule has 41 heavy (non-hydrogen) atoms. The third-order valence-corrected chi connectivity index (χ3v) is 7.75. The Balaban J connectivity index is 1.23. The number of likely N-dealkylation sites (tertiary alicyclic amines) is 1. The molecule has 1 fully saturated rings. The van der Waals surface area contributed by atoms with Gasteiger partial charge in [0.05, 0.1) is 24.3 Å². The van der Waals surface area contributed by atoms with Crippen LogP contribution in [0, 0.1) is 11.8 Å². The fourth-order valence-electron chi connectivity index (χ4n) is 5.60. The lowest BCUT2D eigenvalue weighted by Crippen LogP contribution is -2.44. The Labute approximate surface area is 236 Å². The van der Waals surface area contributed by atoms with Crippen molar-refractivity contribution in [3.63, 3.8) is 0 Å². The first-order valence-corrected chi connectivity index (χ1v) is 13.7. The van der Waals surface area contributed by atoms with Crippen LogP contribution < -0.4 is 16.4 Å². The largest absolute Gasteiger partial charge is 0.481 e. The Kier molecular flexibility index (Phi) is 8.34. The number of aliphatic carboxylic acids is 1. The van der Waals surface area contributed by atoms with E-state index in [1.54, 1.807) is 0 Å². The summed E-state index contributed by atoms with van der Waals surface area (Å²) >= 11 is 0. The van der Waals surface area contributed by atoms with Gasteiger partial charge in [-0.2, -0.15) is 0 Å². The second-order valence-electron chi connectivity index (χ2n) is 10.5. The van der Waals surface area contributed by atoms with Crippen LogP contribution in [-0.2, 0) is 32.0 Å². The zero-order valence-corrected chi connectivity index (χ0v) is 22.6. The normalized spacial score (nSPS) is 17.5. The number of aromatic amines is 2. The highest BCUT2D eigenvalue weighted by Gasteiger charge is 2.44. The molecule has 4 aromatic rings. The lowest BCUT2D eigenvalue weighted by Gasteiger charge is -2.19. The first kappa shape index (κ1) is 27.9. The molecule has 1 saturated heterocycles. The van der Waals surface area contributed by atoms with Crippen molar-refractivity contribution in [1.82, 2.24) is 25.5 Å². The molecule has 11 heteroatoms. The molecule has 0 saturated carbocycles. The van der Waals surface area contributed by atoms with Gasteiger partial charge in [-0.15, -0.1) is 0 Å². The van der Waals surface area contributed by atoms with Gasteiger partial charge in [0.25, 0.3) is 0 Å². The lowest BCUT2D eigenvalue weighted by molar-refractivity contribution is -0.141. The van der Waals surface area contributed by atoms with Gasteiger partial charge in [0.15, 0.2) is 0 Å². The van der Waals surface area contributed by atoms with Gasteiger partial charge in [-0.1, -0.05) is 36.4 Å². The van der Waals surface area contributed by atoms with Crippen LogP contribution in [0.3, 0.4) is 0 Å². The second kappa shape index (κ2) is 12.3. The van der Waals surface area contributed by atoms with Gasteiger partial charge in [0, 0.05) is 60.4 Å². The molecule has 0 bridgehead atoms. The molecular weight excluding hydrogens is 524 g/mol. The van der Waals surface area contributed by atoms with Crippen molar-refractivity contribution >= 4 is 45.5 Å². The first-order chi connectivity index (χ1) is 19.8. The average Bonchev–Trinajstić information content (AvgIpc) is 3.70. The van der Waals surface area contributed by atoms with E-state index in [0.29, 0.717) is 25.9 Å². The number of benzene rings is 2. The number of rotatable bonds is 11. The number of hydrogen-bond acceptors (Lipinski definition) is 5. The van der Waals surface area contributed by atoms with Crippen LogP contribution in [0.5, 0.6) is 0 Å². The number of amides is 3. The Bertz CT molecular complexity index is 1480. The standard InChI is InChI=1S/C30H34N6O5/c31-24(13-27(37)38)30(41)36-16-22(28(39)32-11-9-18-14-34-25-7-3-1-5-20(18)25)23(17-36)29(40)33-12-10-19-15-35-26-8-4-2-6-21(19)26/h1-8,14-15,22-24,34-35H,9-13,16-17,31H2,(H,32,39)(H,33,40)(H,37,38)/t22-,23-,24+/m1/s1. The number of nitrogens with two attached hydrogens (primary N) is 1. The Morgan fingerprint density at radius 1 is 0.829 bits per heavy atom. The van der Waals surface area contributed by atoms with E-state index in [4.69, 9.17) is 10.8 Å². The van der Waals surface area contributed by atoms with Gasteiger partial charge in [0.2, 0.25) is 17.7 Å². The van der Waals surface area contributed by atoms with Gasteiger partial charge in [-0.05, 0) is 36.1 Å². The summed E-state index contributed by atoms with van der Waals surface area (Å²) in [4.78, 5) is 58.3. The monoisotopic (exact) mass is 558 g/mol. The van der Waals surface area contributed by atoms with E-state index >= 15 is 0 Å². The summed E-state index contributed by atoms with van der Waals surface area (Å²) in [7, 11) is 0. The molecule has 3 heterocycles. The molecule has 2 aromatic carbocycles. The summed E-state index contributed by atoms with van der Waals surface area (Å²) < 4.78 is 0. The number of carboxylic acid groups (broad SMARTS) is 1. The molecular formula is C30H34N6O5. The average molecular weight is 559 g/mol. The molecule has 3 amide bonds. The minimum atomic E-state index is -1.25. The van der Waals surface area contributed by atoms with Crippen molar-refractivity contribution in [2.75, 3.05) is 26.2 Å². The summed E-state index contributed by atoms with van der Waals surface area (Å²) in [5.74, 6) is -4.01. The van der Waals surface area contributed by atoms with E-state index in [2.05, 4.69) is 20.6 Å². The summed E-state index contributed by atoms with van der Waals surface area (Å²) in [5.41, 5.74) is 9.98. The number of para-hydroxylation sites is 2. The number of nitrogens with zero attached hydrogens (tertiary/aromatic N) is 1. The third-order valence-electron chi connectivity index (χ3n) is 7.75. The number of carbonyl (C=O) groups is 4. The third kappa shape index (κ3) is 6.25. The zero-order chi connectivity index (χ0) is 28.9. The van der Waals surface area contributed by atoms with E-state index in [1.165, 1.54) is 4.90 Å². The van der Waals surface area contributed by atoms with E-state index in [1.807, 2.05) is 60.9 Å². The van der Waals surface area contributed by atoms with E-state index in [9.17, 15) is 19.2 Å². The molecule has 2 aromatic heterocycles. The predicted octanol–water partition coefficient (Wildman–Crippen LogP) is 1.54. The van der Waals surface area contributed by atoms with E-state index in [0.717, 1.165) is 32.9 Å². The number of hydrogen-bond donors (Lipinski definition) is 6. The van der Waals surface area contributed by atoms with Crippen LogP contribution in [0.4, 0.5) is 0 Å². The van der Waals surface area contributed by atoms with Crippen molar-refractivity contribution < 1.29 is 24.3 Å². The van der Waals surface area contributed by atoms with Crippen LogP contribution in [-0.4, -0.2) is 75.9 Å². The second-order valence-corrected chi connectivity index (χ2v) is 10.5. The molecule has 0 unspecified atom stereocenters. The topological polar surface area (TPSA) is 173 Å². The Morgan fingerprint density at radius 2 is 1.29 bits per heavy atom. The van der Waals surface area contributed by atoms with Gasteiger partial charge >= 0.3 is 5.97 Å².